The molecule has 2 rings (SSSR count). The molecule has 2 aromatic carbocycles. The van der Waals surface area contributed by atoms with Gasteiger partial charge in [-0.25, -0.2) is 0 Å². The first-order chi connectivity index (χ1) is 15.4. The second-order valence-electron chi connectivity index (χ2n) is 6.12. The number of benzene rings is 2. The summed E-state index contributed by atoms with van der Waals surface area (Å²) < 4.78 is 20.5. The maximum Gasteiger partial charge on any atom is 0.282 e. The molecule has 170 valence electrons. The number of ether oxygens (including phenoxy) is 4. The predicted octanol–water partition coefficient (Wildman–Crippen LogP) is 3.08. The minimum absolute atomic E-state index is 0.184. The molecule has 0 atom stereocenters. The Labute approximate surface area is 183 Å². The minimum atomic E-state index is -0.544. The number of aliphatic imine (C=N–C) groups is 2. The number of methoxy groups -OCH3 is 4. The molecule has 0 aliphatic heterocycles. The third kappa shape index (κ3) is 5.68. The highest BCUT2D eigenvalue weighted by atomic mass is 16.6. The molecule has 12 heteroatoms. The molecule has 0 N–H and O–H groups in total. The Hall–Kier alpha value is -4.22. The van der Waals surface area contributed by atoms with Crippen LogP contribution in [-0.2, 0) is 0 Å². The van der Waals surface area contributed by atoms with E-state index in [0.717, 1.165) is 0 Å². The van der Waals surface area contributed by atoms with Crippen molar-refractivity contribution in [3.8, 4) is 23.0 Å². The molecule has 0 fully saturated rings. The molecule has 0 unspecified atom stereocenters. The highest BCUT2D eigenvalue weighted by Gasteiger charge is 2.19. The van der Waals surface area contributed by atoms with Crippen LogP contribution in [-0.4, -0.2) is 63.8 Å². The second kappa shape index (κ2) is 11.2. The summed E-state index contributed by atoms with van der Waals surface area (Å²) in [4.78, 5) is 29.8. The van der Waals surface area contributed by atoms with Crippen LogP contribution in [0.3, 0.4) is 0 Å². The Morgan fingerprint density at radius 2 is 1.00 bits per heavy atom. The van der Waals surface area contributed by atoms with Gasteiger partial charge in [0.1, 0.15) is 0 Å². The lowest BCUT2D eigenvalue weighted by atomic mass is 10.1. The molecule has 0 aliphatic rings. The van der Waals surface area contributed by atoms with Crippen LogP contribution in [0.4, 0.5) is 11.4 Å². The van der Waals surface area contributed by atoms with Crippen LogP contribution in [0.2, 0.25) is 0 Å². The molecular formula is C20H22N4O8. The van der Waals surface area contributed by atoms with E-state index in [9.17, 15) is 20.2 Å². The number of hydrogen-bond donors (Lipinski definition) is 0. The van der Waals surface area contributed by atoms with Crippen molar-refractivity contribution in [2.75, 3.05) is 41.5 Å². The van der Waals surface area contributed by atoms with Crippen LogP contribution in [0.1, 0.15) is 11.1 Å². The SMILES string of the molecule is COc1cc(C=NCCN=Cc2cc(OC)c(OC)cc2[N+](=O)[O-])c([N+](=O)[O-])cc1OC. The van der Waals surface area contributed by atoms with Crippen molar-refractivity contribution in [3.05, 3.63) is 55.6 Å². The van der Waals surface area contributed by atoms with Gasteiger partial charge in [-0.15, -0.1) is 0 Å². The molecule has 0 heterocycles. The summed E-state index contributed by atoms with van der Waals surface area (Å²) in [6.45, 7) is 0.395. The largest absolute Gasteiger partial charge is 0.493 e. The van der Waals surface area contributed by atoms with Gasteiger partial charge in [-0.1, -0.05) is 0 Å². The van der Waals surface area contributed by atoms with E-state index < -0.39 is 9.85 Å². The van der Waals surface area contributed by atoms with Crippen molar-refractivity contribution in [1.29, 1.82) is 0 Å². The Balaban J connectivity index is 2.15. The van der Waals surface area contributed by atoms with Gasteiger partial charge in [0.25, 0.3) is 11.4 Å². The number of hydrogen-bond acceptors (Lipinski definition) is 10. The number of rotatable bonds is 11. The van der Waals surface area contributed by atoms with Crippen LogP contribution in [0.25, 0.3) is 0 Å². The fraction of sp³-hybridized carbons (Fsp3) is 0.300. The van der Waals surface area contributed by atoms with E-state index in [1.165, 1.54) is 65.1 Å². The van der Waals surface area contributed by atoms with E-state index in [1.807, 2.05) is 0 Å². The van der Waals surface area contributed by atoms with Gasteiger partial charge < -0.3 is 18.9 Å². The van der Waals surface area contributed by atoms with Gasteiger partial charge in [-0.05, 0) is 12.1 Å². The molecule has 0 saturated heterocycles. The second-order valence-corrected chi connectivity index (χ2v) is 6.12. The van der Waals surface area contributed by atoms with Gasteiger partial charge in [0.2, 0.25) is 0 Å². The van der Waals surface area contributed by atoms with Crippen LogP contribution >= 0.6 is 0 Å². The molecule has 32 heavy (non-hydrogen) atoms. The van der Waals surface area contributed by atoms with Gasteiger partial charge >= 0.3 is 0 Å². The Morgan fingerprint density at radius 3 is 1.28 bits per heavy atom. The van der Waals surface area contributed by atoms with Crippen molar-refractivity contribution in [2.24, 2.45) is 9.98 Å². The lowest BCUT2D eigenvalue weighted by Gasteiger charge is -2.08. The number of nitro benzene ring substituents is 2. The van der Waals surface area contributed by atoms with Crippen LogP contribution in [0.15, 0.2) is 34.3 Å². The molecule has 0 bridgehead atoms. The first-order valence-electron chi connectivity index (χ1n) is 9.16. The minimum Gasteiger partial charge on any atom is -0.493 e. The average Bonchev–Trinajstić information content (AvgIpc) is 2.79. The van der Waals surface area contributed by atoms with Crippen molar-refractivity contribution in [2.45, 2.75) is 0 Å². The Bertz CT molecular complexity index is 969. The monoisotopic (exact) mass is 446 g/mol. The van der Waals surface area contributed by atoms with Crippen LogP contribution in [0, 0.1) is 20.2 Å². The maximum absolute atomic E-state index is 11.3. The predicted molar refractivity (Wildman–Crippen MR) is 117 cm³/mol. The quantitative estimate of drug-likeness (QED) is 0.221. The van der Waals surface area contributed by atoms with Gasteiger partial charge in [0.15, 0.2) is 23.0 Å². The molecule has 2 aromatic rings. The molecule has 0 saturated carbocycles. The summed E-state index contributed by atoms with van der Waals surface area (Å²) in [5.41, 5.74) is 0.117. The van der Waals surface area contributed by atoms with Gasteiger partial charge in [-0.2, -0.15) is 0 Å². The molecule has 0 radical (unpaired) electrons. The van der Waals surface area contributed by atoms with Crippen LogP contribution < -0.4 is 18.9 Å². The zero-order valence-corrected chi connectivity index (χ0v) is 17.9. The third-order valence-electron chi connectivity index (χ3n) is 4.28. The van der Waals surface area contributed by atoms with E-state index in [-0.39, 0.29) is 47.1 Å². The highest BCUT2D eigenvalue weighted by molar-refractivity contribution is 5.88. The summed E-state index contributed by atoms with van der Waals surface area (Å²) in [5.74, 6) is 1.13. The fourth-order valence-corrected chi connectivity index (χ4v) is 2.73. The highest BCUT2D eigenvalue weighted by Crippen LogP contribution is 2.34. The van der Waals surface area contributed by atoms with Gasteiger partial charge in [-0.3, -0.25) is 30.2 Å². The standard InChI is InChI=1S/C20H22N4O8/c1-29-17-7-13(15(23(25)26)9-19(17)31-3)11-21-5-6-22-12-14-8-18(30-2)20(32-4)10-16(14)24(27)28/h7-12H,5-6H2,1-4H3. The average molecular weight is 446 g/mol. The van der Waals surface area contributed by atoms with E-state index in [1.54, 1.807) is 0 Å². The topological polar surface area (TPSA) is 148 Å². The van der Waals surface area contributed by atoms with E-state index in [0.29, 0.717) is 11.5 Å². The lowest BCUT2D eigenvalue weighted by molar-refractivity contribution is -0.385. The third-order valence-corrected chi connectivity index (χ3v) is 4.28. The zero-order chi connectivity index (χ0) is 23.7. The van der Waals surface area contributed by atoms with E-state index >= 15 is 0 Å². The van der Waals surface area contributed by atoms with Crippen LogP contribution in [0.5, 0.6) is 23.0 Å². The molecule has 0 aromatic heterocycles. The number of nitrogens with zero attached hydrogens (tertiary/aromatic N) is 4. The Kier molecular flexibility index (Phi) is 8.45. The molecule has 0 aliphatic carbocycles. The smallest absolute Gasteiger partial charge is 0.282 e. The molecule has 0 amide bonds. The molecular weight excluding hydrogens is 424 g/mol. The summed E-state index contributed by atoms with van der Waals surface area (Å²) in [5, 5.41) is 22.6. The van der Waals surface area contributed by atoms with Gasteiger partial charge in [0, 0.05) is 12.4 Å². The van der Waals surface area contributed by atoms with E-state index in [4.69, 9.17) is 18.9 Å². The summed E-state index contributed by atoms with van der Waals surface area (Å²) in [6, 6.07) is 5.43. The summed E-state index contributed by atoms with van der Waals surface area (Å²) >= 11 is 0. The first-order valence-corrected chi connectivity index (χ1v) is 9.16. The fourth-order valence-electron chi connectivity index (χ4n) is 2.73. The van der Waals surface area contributed by atoms with Crippen molar-refractivity contribution < 1.29 is 28.8 Å². The maximum atomic E-state index is 11.3. The van der Waals surface area contributed by atoms with E-state index in [2.05, 4.69) is 9.98 Å². The van der Waals surface area contributed by atoms with Crippen molar-refractivity contribution >= 4 is 23.8 Å². The van der Waals surface area contributed by atoms with Crippen molar-refractivity contribution in [1.82, 2.24) is 0 Å². The summed E-state index contributed by atoms with van der Waals surface area (Å²) in [6.07, 6.45) is 2.68. The zero-order valence-electron chi connectivity index (χ0n) is 17.9. The number of nitro groups is 2. The Morgan fingerprint density at radius 1 is 0.688 bits per heavy atom. The van der Waals surface area contributed by atoms with Gasteiger partial charge in [0.05, 0.1) is 74.6 Å². The van der Waals surface area contributed by atoms with Crippen molar-refractivity contribution in [3.63, 3.8) is 0 Å². The molecule has 0 spiro atoms. The molecule has 12 nitrogen and oxygen atoms in total. The lowest BCUT2D eigenvalue weighted by Crippen LogP contribution is -2.00. The first kappa shape index (κ1) is 24.1. The normalized spacial score (nSPS) is 11.0. The summed E-state index contributed by atoms with van der Waals surface area (Å²) in [7, 11) is 5.62.